The smallest absolute Gasteiger partial charge is 0.118 e. The van der Waals surface area contributed by atoms with Crippen LogP contribution < -0.4 is 10.1 Å². The first-order valence-corrected chi connectivity index (χ1v) is 6.03. The van der Waals surface area contributed by atoms with Crippen molar-refractivity contribution in [2.24, 2.45) is 0 Å². The van der Waals surface area contributed by atoms with Gasteiger partial charge in [-0.1, -0.05) is 12.1 Å². The molecule has 2 aromatic rings. The lowest BCUT2D eigenvalue weighted by atomic mass is 10.2. The van der Waals surface area contributed by atoms with Gasteiger partial charge in [0.15, 0.2) is 0 Å². The number of methoxy groups -OCH3 is 1. The number of benzene rings is 1. The number of hydrogen-bond donors (Lipinski definition) is 1. The van der Waals surface area contributed by atoms with Crippen molar-refractivity contribution in [1.82, 2.24) is 10.3 Å². The van der Waals surface area contributed by atoms with Crippen molar-refractivity contribution in [3.63, 3.8) is 0 Å². The van der Waals surface area contributed by atoms with E-state index in [1.54, 1.807) is 18.4 Å². The topological polar surface area (TPSA) is 34.1 Å². The molecule has 2 rings (SSSR count). The van der Waals surface area contributed by atoms with Gasteiger partial charge in [-0.15, -0.1) is 11.3 Å². The van der Waals surface area contributed by atoms with Gasteiger partial charge in [0.05, 0.1) is 18.3 Å². The molecule has 1 aromatic heterocycles. The Balaban J connectivity index is 1.81. The van der Waals surface area contributed by atoms with E-state index in [0.717, 1.165) is 24.5 Å². The van der Waals surface area contributed by atoms with Gasteiger partial charge in [-0.3, -0.25) is 0 Å². The highest BCUT2D eigenvalue weighted by molar-refractivity contribution is 7.07. The van der Waals surface area contributed by atoms with Crippen LogP contribution in [0.3, 0.4) is 0 Å². The molecule has 0 saturated heterocycles. The highest BCUT2D eigenvalue weighted by atomic mass is 32.1. The average molecular weight is 234 g/mol. The molecule has 0 aliphatic carbocycles. The van der Waals surface area contributed by atoms with E-state index in [1.807, 2.05) is 17.6 Å². The second kappa shape index (κ2) is 5.63. The van der Waals surface area contributed by atoms with Crippen LogP contribution in [0.15, 0.2) is 35.2 Å². The van der Waals surface area contributed by atoms with E-state index < -0.39 is 0 Å². The molecule has 0 bridgehead atoms. The van der Waals surface area contributed by atoms with Gasteiger partial charge < -0.3 is 10.1 Å². The monoisotopic (exact) mass is 234 g/mol. The Labute approximate surface area is 99.1 Å². The zero-order valence-electron chi connectivity index (χ0n) is 9.14. The number of aromatic nitrogens is 1. The number of nitrogens with one attached hydrogen (secondary N) is 1. The second-order valence-corrected chi connectivity index (χ2v) is 4.15. The third-order valence-corrected chi connectivity index (χ3v) is 2.91. The lowest BCUT2D eigenvalue weighted by Crippen LogP contribution is -2.12. The molecule has 0 aliphatic rings. The molecule has 0 fully saturated rings. The molecule has 3 nitrogen and oxygen atoms in total. The average Bonchev–Trinajstić information content (AvgIpc) is 2.83. The summed E-state index contributed by atoms with van der Waals surface area (Å²) in [5, 5.41) is 5.40. The van der Waals surface area contributed by atoms with Gasteiger partial charge in [0.1, 0.15) is 5.75 Å². The van der Waals surface area contributed by atoms with Crippen LogP contribution in [0, 0.1) is 0 Å². The summed E-state index contributed by atoms with van der Waals surface area (Å²) in [6, 6.07) is 8.07. The first-order chi connectivity index (χ1) is 7.88. The summed E-state index contributed by atoms with van der Waals surface area (Å²) in [4.78, 5) is 4.21. The first kappa shape index (κ1) is 11.1. The highest BCUT2D eigenvalue weighted by Gasteiger charge is 1.96. The van der Waals surface area contributed by atoms with E-state index in [9.17, 15) is 0 Å². The minimum Gasteiger partial charge on any atom is -0.497 e. The maximum absolute atomic E-state index is 5.10. The minimum absolute atomic E-state index is 0.815. The van der Waals surface area contributed by atoms with Gasteiger partial charge in [-0.25, -0.2) is 4.98 Å². The Morgan fingerprint density at radius 3 is 2.69 bits per heavy atom. The molecule has 16 heavy (non-hydrogen) atoms. The summed E-state index contributed by atoms with van der Waals surface area (Å²) < 4.78 is 5.10. The summed E-state index contributed by atoms with van der Waals surface area (Å²) in [5.74, 6) is 0.892. The fraction of sp³-hybridized carbons (Fsp3) is 0.250. The summed E-state index contributed by atoms with van der Waals surface area (Å²) in [7, 11) is 1.68. The molecule has 84 valence electrons. The van der Waals surface area contributed by atoms with Crippen molar-refractivity contribution < 1.29 is 4.74 Å². The van der Waals surface area contributed by atoms with Crippen molar-refractivity contribution in [2.75, 3.05) is 7.11 Å². The van der Waals surface area contributed by atoms with Gasteiger partial charge in [-0.05, 0) is 17.7 Å². The molecule has 0 unspecified atom stereocenters. The standard InChI is InChI=1S/C12H14N2OS/c1-15-12-4-2-10(3-5-12)6-13-7-11-8-16-9-14-11/h2-5,8-9,13H,6-7H2,1H3. The Morgan fingerprint density at radius 2 is 2.06 bits per heavy atom. The molecule has 0 spiro atoms. The van der Waals surface area contributed by atoms with Crippen molar-refractivity contribution in [3.8, 4) is 5.75 Å². The van der Waals surface area contributed by atoms with Crippen LogP contribution in [0.1, 0.15) is 11.3 Å². The van der Waals surface area contributed by atoms with Gasteiger partial charge in [0.2, 0.25) is 0 Å². The number of nitrogens with zero attached hydrogens (tertiary/aromatic N) is 1. The zero-order chi connectivity index (χ0) is 11.2. The molecular weight excluding hydrogens is 220 g/mol. The zero-order valence-corrected chi connectivity index (χ0v) is 9.96. The Bertz CT molecular complexity index is 411. The second-order valence-electron chi connectivity index (χ2n) is 3.43. The van der Waals surface area contributed by atoms with Crippen molar-refractivity contribution in [2.45, 2.75) is 13.1 Å². The quantitative estimate of drug-likeness (QED) is 0.862. The van der Waals surface area contributed by atoms with Crippen molar-refractivity contribution >= 4 is 11.3 Å². The highest BCUT2D eigenvalue weighted by Crippen LogP contribution is 2.11. The molecule has 4 heteroatoms. The summed E-state index contributed by atoms with van der Waals surface area (Å²) in [5.41, 5.74) is 4.19. The molecule has 1 N–H and O–H groups in total. The van der Waals surface area contributed by atoms with E-state index >= 15 is 0 Å². The summed E-state index contributed by atoms with van der Waals surface area (Å²) in [6.07, 6.45) is 0. The number of hydrogen-bond acceptors (Lipinski definition) is 4. The van der Waals surface area contributed by atoms with E-state index in [0.29, 0.717) is 0 Å². The SMILES string of the molecule is COc1ccc(CNCc2cscn2)cc1. The van der Waals surface area contributed by atoms with Crippen molar-refractivity contribution in [3.05, 3.63) is 46.4 Å². The lowest BCUT2D eigenvalue weighted by molar-refractivity contribution is 0.414. The number of rotatable bonds is 5. The normalized spacial score (nSPS) is 10.3. The Kier molecular flexibility index (Phi) is 3.91. The predicted octanol–water partition coefficient (Wildman–Crippen LogP) is 2.44. The first-order valence-electron chi connectivity index (χ1n) is 5.09. The number of ether oxygens (including phenoxy) is 1. The lowest BCUT2D eigenvalue weighted by Gasteiger charge is -2.04. The molecule has 0 radical (unpaired) electrons. The van der Waals surface area contributed by atoms with Crippen LogP contribution in [0.2, 0.25) is 0 Å². The Morgan fingerprint density at radius 1 is 1.25 bits per heavy atom. The predicted molar refractivity (Wildman–Crippen MR) is 65.7 cm³/mol. The molecule has 0 amide bonds. The van der Waals surface area contributed by atoms with Gasteiger partial charge in [-0.2, -0.15) is 0 Å². The summed E-state index contributed by atoms with van der Waals surface area (Å²) >= 11 is 1.62. The molecule has 1 aromatic carbocycles. The van der Waals surface area contributed by atoms with Crippen LogP contribution in [-0.4, -0.2) is 12.1 Å². The van der Waals surface area contributed by atoms with Gasteiger partial charge in [0, 0.05) is 18.5 Å². The van der Waals surface area contributed by atoms with E-state index in [4.69, 9.17) is 4.74 Å². The third kappa shape index (κ3) is 3.05. The fourth-order valence-corrected chi connectivity index (χ4v) is 1.96. The van der Waals surface area contributed by atoms with Gasteiger partial charge >= 0.3 is 0 Å². The number of thiazole rings is 1. The maximum atomic E-state index is 5.10. The maximum Gasteiger partial charge on any atom is 0.118 e. The van der Waals surface area contributed by atoms with E-state index in [1.165, 1.54) is 5.56 Å². The van der Waals surface area contributed by atoms with Crippen LogP contribution in [0.4, 0.5) is 0 Å². The van der Waals surface area contributed by atoms with Crippen LogP contribution in [-0.2, 0) is 13.1 Å². The largest absolute Gasteiger partial charge is 0.497 e. The third-order valence-electron chi connectivity index (χ3n) is 2.28. The molecule has 0 saturated carbocycles. The Hall–Kier alpha value is -1.39. The van der Waals surface area contributed by atoms with Gasteiger partial charge in [0.25, 0.3) is 0 Å². The molecule has 1 heterocycles. The molecular formula is C12H14N2OS. The van der Waals surface area contributed by atoms with Crippen LogP contribution >= 0.6 is 11.3 Å². The minimum atomic E-state index is 0.815. The van der Waals surface area contributed by atoms with E-state index in [2.05, 4.69) is 27.8 Å². The summed E-state index contributed by atoms with van der Waals surface area (Å²) in [6.45, 7) is 1.66. The fourth-order valence-electron chi connectivity index (χ4n) is 1.40. The van der Waals surface area contributed by atoms with E-state index in [-0.39, 0.29) is 0 Å². The van der Waals surface area contributed by atoms with Crippen molar-refractivity contribution in [1.29, 1.82) is 0 Å². The molecule has 0 atom stereocenters. The molecule has 0 aliphatic heterocycles. The van der Waals surface area contributed by atoms with Crippen LogP contribution in [0.5, 0.6) is 5.75 Å². The van der Waals surface area contributed by atoms with Crippen LogP contribution in [0.25, 0.3) is 0 Å².